The molecule has 1 aliphatic rings. The van der Waals surface area contributed by atoms with Gasteiger partial charge < -0.3 is 10.2 Å². The maximum atomic E-state index is 12.3. The van der Waals surface area contributed by atoms with Crippen LogP contribution in [0.15, 0.2) is 46.5 Å². The van der Waals surface area contributed by atoms with Gasteiger partial charge in [0.1, 0.15) is 0 Å². The van der Waals surface area contributed by atoms with Crippen molar-refractivity contribution in [1.82, 2.24) is 24.7 Å². The molecule has 1 saturated heterocycles. The number of aromatic nitrogens is 2. The second-order valence-corrected chi connectivity index (χ2v) is 8.91. The van der Waals surface area contributed by atoms with Gasteiger partial charge in [0.15, 0.2) is 5.96 Å². The van der Waals surface area contributed by atoms with Gasteiger partial charge in [-0.05, 0) is 30.2 Å². The van der Waals surface area contributed by atoms with Crippen molar-refractivity contribution in [2.75, 3.05) is 33.2 Å². The molecule has 1 aromatic heterocycles. The molecule has 152 valence electrons. The van der Waals surface area contributed by atoms with Gasteiger partial charge in [-0.1, -0.05) is 17.7 Å². The van der Waals surface area contributed by atoms with Gasteiger partial charge in [0.2, 0.25) is 10.0 Å². The van der Waals surface area contributed by atoms with Gasteiger partial charge in [-0.25, -0.2) is 13.1 Å². The lowest BCUT2D eigenvalue weighted by atomic mass is 10.0. The van der Waals surface area contributed by atoms with Crippen molar-refractivity contribution >= 4 is 27.6 Å². The highest BCUT2D eigenvalue weighted by molar-refractivity contribution is 7.89. The number of aliphatic imine (C=N–C) groups is 1. The Hall–Kier alpha value is -2.10. The molecule has 0 saturated carbocycles. The molecule has 10 heteroatoms. The first-order valence-corrected chi connectivity index (χ1v) is 10.9. The van der Waals surface area contributed by atoms with Crippen LogP contribution in [0.5, 0.6) is 0 Å². The van der Waals surface area contributed by atoms with Crippen LogP contribution < -0.4 is 10.0 Å². The number of nitrogens with zero attached hydrogens (tertiary/aromatic N) is 4. The average molecular weight is 425 g/mol. The number of hydrogen-bond donors (Lipinski definition) is 2. The fourth-order valence-electron chi connectivity index (χ4n) is 3.29. The monoisotopic (exact) mass is 424 g/mol. The first kappa shape index (κ1) is 20.6. The molecule has 1 atom stereocenters. The van der Waals surface area contributed by atoms with Crippen LogP contribution in [0, 0.1) is 0 Å². The molecule has 1 unspecified atom stereocenters. The SMILES string of the molecule is CN=C(NCCNS(=O)(=O)c1cccc(Cl)c1)N1CCC(c2cnn(C)c2)C1. The van der Waals surface area contributed by atoms with Crippen molar-refractivity contribution in [3.8, 4) is 0 Å². The highest BCUT2D eigenvalue weighted by Gasteiger charge is 2.26. The fourth-order valence-corrected chi connectivity index (χ4v) is 4.62. The minimum Gasteiger partial charge on any atom is -0.355 e. The number of hydrogen-bond acceptors (Lipinski definition) is 4. The van der Waals surface area contributed by atoms with Crippen LogP contribution in [0.2, 0.25) is 5.02 Å². The summed E-state index contributed by atoms with van der Waals surface area (Å²) in [7, 11) is 0.0637. The van der Waals surface area contributed by atoms with E-state index < -0.39 is 10.0 Å². The zero-order chi connectivity index (χ0) is 20.1. The van der Waals surface area contributed by atoms with Gasteiger partial charge in [0.25, 0.3) is 0 Å². The van der Waals surface area contributed by atoms with E-state index in [1.165, 1.54) is 17.7 Å². The number of halogens is 1. The minimum atomic E-state index is -3.59. The summed E-state index contributed by atoms with van der Waals surface area (Å²) in [5.74, 6) is 1.20. The van der Waals surface area contributed by atoms with Crippen LogP contribution in [0.25, 0.3) is 0 Å². The fraction of sp³-hybridized carbons (Fsp3) is 0.444. The van der Waals surface area contributed by atoms with Crippen LogP contribution in [0.1, 0.15) is 17.9 Å². The summed E-state index contributed by atoms with van der Waals surface area (Å²) >= 11 is 5.87. The van der Waals surface area contributed by atoms with Crippen LogP contribution in [-0.2, 0) is 17.1 Å². The molecule has 0 aliphatic carbocycles. The van der Waals surface area contributed by atoms with E-state index >= 15 is 0 Å². The Morgan fingerprint density at radius 3 is 2.89 bits per heavy atom. The van der Waals surface area contributed by atoms with Crippen LogP contribution in [0.3, 0.4) is 0 Å². The van der Waals surface area contributed by atoms with E-state index in [1.807, 2.05) is 17.9 Å². The third-order valence-corrected chi connectivity index (χ3v) is 6.40. The molecule has 2 heterocycles. The standard InChI is InChI=1S/C18H25ClN6O2S/c1-20-18(25-9-6-14(13-25)15-11-22-24(2)12-15)21-7-8-23-28(26,27)17-5-3-4-16(19)10-17/h3-5,10-12,14,23H,6-9,13H2,1-2H3,(H,20,21). The van der Waals surface area contributed by atoms with Gasteiger partial charge in [0, 0.05) is 57.4 Å². The van der Waals surface area contributed by atoms with E-state index in [9.17, 15) is 8.42 Å². The molecule has 2 aromatic rings. The van der Waals surface area contributed by atoms with Crippen molar-refractivity contribution in [2.24, 2.45) is 12.0 Å². The topological polar surface area (TPSA) is 91.6 Å². The predicted octanol–water partition coefficient (Wildman–Crippen LogP) is 1.42. The van der Waals surface area contributed by atoms with E-state index in [1.54, 1.807) is 19.2 Å². The highest BCUT2D eigenvalue weighted by Crippen LogP contribution is 2.26. The molecular weight excluding hydrogens is 400 g/mol. The molecule has 3 rings (SSSR count). The smallest absolute Gasteiger partial charge is 0.240 e. The summed E-state index contributed by atoms with van der Waals surface area (Å²) in [6.07, 6.45) is 5.00. The number of aryl methyl sites for hydroxylation is 1. The minimum absolute atomic E-state index is 0.156. The van der Waals surface area contributed by atoms with Crippen molar-refractivity contribution in [1.29, 1.82) is 0 Å². The van der Waals surface area contributed by atoms with Crippen molar-refractivity contribution in [2.45, 2.75) is 17.2 Å². The lowest BCUT2D eigenvalue weighted by molar-refractivity contribution is 0.486. The highest BCUT2D eigenvalue weighted by atomic mass is 35.5. The van der Waals surface area contributed by atoms with Gasteiger partial charge in [-0.2, -0.15) is 5.10 Å². The summed E-state index contributed by atoms with van der Waals surface area (Å²) in [6.45, 7) is 2.43. The van der Waals surface area contributed by atoms with E-state index in [-0.39, 0.29) is 11.4 Å². The number of rotatable bonds is 6. The quantitative estimate of drug-likeness (QED) is 0.415. The van der Waals surface area contributed by atoms with E-state index in [4.69, 9.17) is 11.6 Å². The maximum absolute atomic E-state index is 12.3. The molecule has 1 aliphatic heterocycles. The normalized spacial score (nSPS) is 17.9. The molecule has 0 bridgehead atoms. The maximum Gasteiger partial charge on any atom is 0.240 e. The van der Waals surface area contributed by atoms with Crippen LogP contribution in [0.4, 0.5) is 0 Å². The molecule has 0 amide bonds. The van der Waals surface area contributed by atoms with Crippen molar-refractivity contribution in [3.05, 3.63) is 47.2 Å². The summed E-state index contributed by atoms with van der Waals surface area (Å²) < 4.78 is 29.0. The second kappa shape index (κ2) is 8.93. The summed E-state index contributed by atoms with van der Waals surface area (Å²) in [5, 5.41) is 7.86. The predicted molar refractivity (Wildman–Crippen MR) is 110 cm³/mol. The van der Waals surface area contributed by atoms with Gasteiger partial charge >= 0.3 is 0 Å². The Morgan fingerprint density at radius 2 is 2.21 bits per heavy atom. The number of likely N-dealkylation sites (tertiary alicyclic amines) is 1. The first-order chi connectivity index (χ1) is 13.4. The van der Waals surface area contributed by atoms with Gasteiger partial charge in [-0.15, -0.1) is 0 Å². The zero-order valence-corrected chi connectivity index (χ0v) is 17.5. The summed E-state index contributed by atoms with van der Waals surface area (Å²) in [6, 6.07) is 6.20. The Balaban J connectivity index is 1.48. The molecule has 8 nitrogen and oxygen atoms in total. The molecule has 0 spiro atoms. The largest absolute Gasteiger partial charge is 0.355 e. The van der Waals surface area contributed by atoms with Crippen LogP contribution in [-0.4, -0.2) is 62.3 Å². The number of nitrogens with one attached hydrogen (secondary N) is 2. The molecule has 28 heavy (non-hydrogen) atoms. The van der Waals surface area contributed by atoms with E-state index in [0.717, 1.165) is 25.5 Å². The Labute approximate surface area is 170 Å². The van der Waals surface area contributed by atoms with Gasteiger partial charge in [-0.3, -0.25) is 9.67 Å². The zero-order valence-electron chi connectivity index (χ0n) is 16.0. The van der Waals surface area contributed by atoms with E-state index in [2.05, 4.69) is 31.2 Å². The molecule has 1 aromatic carbocycles. The molecular formula is C18H25ClN6O2S. The van der Waals surface area contributed by atoms with Gasteiger partial charge in [0.05, 0.1) is 11.1 Å². The third kappa shape index (κ3) is 5.03. The van der Waals surface area contributed by atoms with E-state index in [0.29, 0.717) is 17.5 Å². The number of guanidine groups is 1. The Bertz CT molecular complexity index is 943. The van der Waals surface area contributed by atoms with Crippen molar-refractivity contribution < 1.29 is 8.42 Å². The van der Waals surface area contributed by atoms with Crippen LogP contribution >= 0.6 is 11.6 Å². The Morgan fingerprint density at radius 1 is 1.39 bits per heavy atom. The first-order valence-electron chi connectivity index (χ1n) is 9.08. The number of benzene rings is 1. The molecule has 2 N–H and O–H groups in total. The van der Waals surface area contributed by atoms with Crippen molar-refractivity contribution in [3.63, 3.8) is 0 Å². The lowest BCUT2D eigenvalue weighted by Gasteiger charge is -2.21. The summed E-state index contributed by atoms with van der Waals surface area (Å²) in [5.41, 5.74) is 1.23. The molecule has 1 fully saturated rings. The molecule has 0 radical (unpaired) electrons. The summed E-state index contributed by atoms with van der Waals surface area (Å²) in [4.78, 5) is 6.66. The third-order valence-electron chi connectivity index (χ3n) is 4.70. The second-order valence-electron chi connectivity index (χ2n) is 6.71. The Kier molecular flexibility index (Phi) is 6.58. The number of sulfonamides is 1. The lowest BCUT2D eigenvalue weighted by Crippen LogP contribution is -2.43. The average Bonchev–Trinajstić information content (AvgIpc) is 3.31.